The molecule has 0 aliphatic carbocycles. The molecule has 0 N–H and O–H groups in total. The van der Waals surface area contributed by atoms with Crippen molar-refractivity contribution in [3.63, 3.8) is 0 Å². The van der Waals surface area contributed by atoms with Crippen molar-refractivity contribution in [3.05, 3.63) is 48.5 Å². The molecule has 0 spiro atoms. The number of ether oxygens (including phenoxy) is 1. The lowest BCUT2D eigenvalue weighted by Gasteiger charge is -2.02. The van der Waals surface area contributed by atoms with Crippen molar-refractivity contribution in [1.82, 2.24) is 10.1 Å². The summed E-state index contributed by atoms with van der Waals surface area (Å²) < 4.78 is 33.6. The lowest BCUT2D eigenvalue weighted by molar-refractivity contribution is 0.340. The Bertz CT molecular complexity index is 929. The van der Waals surface area contributed by atoms with Crippen LogP contribution in [0.3, 0.4) is 0 Å². The van der Waals surface area contributed by atoms with Crippen molar-refractivity contribution in [2.45, 2.75) is 11.8 Å². The largest absolute Gasteiger partial charge is 0.494 e. The van der Waals surface area contributed by atoms with Gasteiger partial charge in [0.25, 0.3) is 5.89 Å². The highest BCUT2D eigenvalue weighted by Gasteiger charge is 2.12. The number of nitrogens with zero attached hydrogens (tertiary/aromatic N) is 2. The van der Waals surface area contributed by atoms with Crippen molar-refractivity contribution < 1.29 is 17.7 Å². The van der Waals surface area contributed by atoms with Gasteiger partial charge in [0, 0.05) is 17.4 Å². The van der Waals surface area contributed by atoms with E-state index in [1.807, 2.05) is 31.2 Å². The van der Waals surface area contributed by atoms with Crippen LogP contribution in [-0.4, -0.2) is 31.4 Å². The minimum atomic E-state index is -3.22. The molecule has 0 amide bonds. The van der Waals surface area contributed by atoms with Crippen LogP contribution in [0.4, 0.5) is 0 Å². The predicted octanol–water partition coefficient (Wildman–Crippen LogP) is 3.21. The summed E-state index contributed by atoms with van der Waals surface area (Å²) >= 11 is 0. The molecule has 6 nitrogen and oxygen atoms in total. The molecule has 24 heavy (non-hydrogen) atoms. The van der Waals surface area contributed by atoms with Gasteiger partial charge in [-0.05, 0) is 55.5 Å². The molecule has 124 valence electrons. The van der Waals surface area contributed by atoms with Gasteiger partial charge in [-0.2, -0.15) is 4.98 Å². The average molecular weight is 344 g/mol. The molecule has 0 saturated carbocycles. The molecule has 0 bridgehead atoms. The molecule has 3 rings (SSSR count). The van der Waals surface area contributed by atoms with Gasteiger partial charge in [-0.15, -0.1) is 0 Å². The average Bonchev–Trinajstić information content (AvgIpc) is 3.05. The van der Waals surface area contributed by atoms with Gasteiger partial charge in [-0.25, -0.2) is 8.42 Å². The number of hydrogen-bond acceptors (Lipinski definition) is 6. The maximum Gasteiger partial charge on any atom is 0.258 e. The second kappa shape index (κ2) is 6.45. The van der Waals surface area contributed by atoms with E-state index in [1.165, 1.54) is 18.4 Å². The number of rotatable bonds is 5. The van der Waals surface area contributed by atoms with Gasteiger partial charge in [-0.3, -0.25) is 0 Å². The molecule has 0 unspecified atom stereocenters. The van der Waals surface area contributed by atoms with E-state index in [-0.39, 0.29) is 4.90 Å². The summed E-state index contributed by atoms with van der Waals surface area (Å²) in [6, 6.07) is 13.7. The van der Waals surface area contributed by atoms with Gasteiger partial charge < -0.3 is 9.26 Å². The zero-order chi connectivity index (χ0) is 17.2. The third-order valence-electron chi connectivity index (χ3n) is 3.38. The molecule has 0 fully saturated rings. The van der Waals surface area contributed by atoms with Crippen LogP contribution in [0.25, 0.3) is 22.8 Å². The van der Waals surface area contributed by atoms with Gasteiger partial charge in [0.1, 0.15) is 5.75 Å². The predicted molar refractivity (Wildman–Crippen MR) is 89.4 cm³/mol. The highest BCUT2D eigenvalue weighted by Crippen LogP contribution is 2.24. The minimum absolute atomic E-state index is 0.251. The Labute approximate surface area is 140 Å². The number of aromatic nitrogens is 2. The van der Waals surface area contributed by atoms with Crippen LogP contribution in [-0.2, 0) is 9.84 Å². The second-order valence-corrected chi connectivity index (χ2v) is 7.19. The van der Waals surface area contributed by atoms with Crippen molar-refractivity contribution in [2.24, 2.45) is 0 Å². The Morgan fingerprint density at radius 1 is 1.00 bits per heavy atom. The Morgan fingerprint density at radius 2 is 1.62 bits per heavy atom. The molecule has 0 aliphatic rings. The molecule has 0 aliphatic heterocycles. The van der Waals surface area contributed by atoms with Crippen LogP contribution in [0.15, 0.2) is 57.9 Å². The van der Waals surface area contributed by atoms with Crippen LogP contribution in [0.1, 0.15) is 6.92 Å². The second-order valence-electron chi connectivity index (χ2n) is 5.18. The maximum atomic E-state index is 11.5. The van der Waals surface area contributed by atoms with E-state index in [1.54, 1.807) is 12.1 Å². The van der Waals surface area contributed by atoms with Crippen LogP contribution in [0.5, 0.6) is 5.75 Å². The van der Waals surface area contributed by atoms with E-state index in [9.17, 15) is 8.42 Å². The molecule has 0 saturated heterocycles. The lowest BCUT2D eigenvalue weighted by Crippen LogP contribution is -1.96. The summed E-state index contributed by atoms with van der Waals surface area (Å²) in [6.07, 6.45) is 1.17. The summed E-state index contributed by atoms with van der Waals surface area (Å²) in [6.45, 7) is 2.53. The van der Waals surface area contributed by atoms with Gasteiger partial charge in [0.2, 0.25) is 5.82 Å². The first-order valence-corrected chi connectivity index (χ1v) is 9.24. The first-order chi connectivity index (χ1) is 11.5. The number of benzene rings is 2. The molecular formula is C17H16N2O4S. The molecular weight excluding hydrogens is 328 g/mol. The lowest BCUT2D eigenvalue weighted by atomic mass is 10.2. The first kappa shape index (κ1) is 16.2. The smallest absolute Gasteiger partial charge is 0.258 e. The summed E-state index contributed by atoms with van der Waals surface area (Å²) in [4.78, 5) is 4.60. The van der Waals surface area contributed by atoms with Gasteiger partial charge >= 0.3 is 0 Å². The Morgan fingerprint density at radius 3 is 2.21 bits per heavy atom. The summed E-state index contributed by atoms with van der Waals surface area (Å²) in [5, 5.41) is 3.95. The van der Waals surface area contributed by atoms with E-state index >= 15 is 0 Å². The Balaban J connectivity index is 1.85. The third kappa shape index (κ3) is 3.46. The topological polar surface area (TPSA) is 82.3 Å². The molecule has 1 aromatic heterocycles. The number of hydrogen-bond donors (Lipinski definition) is 0. The molecule has 0 radical (unpaired) electrons. The zero-order valence-corrected chi connectivity index (χ0v) is 14.1. The van der Waals surface area contributed by atoms with Gasteiger partial charge in [-0.1, -0.05) is 5.16 Å². The van der Waals surface area contributed by atoms with Crippen LogP contribution in [0.2, 0.25) is 0 Å². The minimum Gasteiger partial charge on any atom is -0.494 e. The highest BCUT2D eigenvalue weighted by atomic mass is 32.2. The molecule has 1 heterocycles. The van der Waals surface area contributed by atoms with Gasteiger partial charge in [0.15, 0.2) is 9.84 Å². The fraction of sp³-hybridized carbons (Fsp3) is 0.176. The third-order valence-corrected chi connectivity index (χ3v) is 4.51. The van der Waals surface area contributed by atoms with Crippen LogP contribution < -0.4 is 4.74 Å². The highest BCUT2D eigenvalue weighted by molar-refractivity contribution is 7.90. The van der Waals surface area contributed by atoms with Crippen molar-refractivity contribution in [3.8, 4) is 28.6 Å². The van der Waals surface area contributed by atoms with E-state index in [0.29, 0.717) is 23.9 Å². The Hall–Kier alpha value is -2.67. The fourth-order valence-electron chi connectivity index (χ4n) is 2.17. The van der Waals surface area contributed by atoms with Crippen molar-refractivity contribution in [2.75, 3.05) is 12.9 Å². The molecule has 3 aromatic rings. The molecule has 2 aromatic carbocycles. The fourth-order valence-corrected chi connectivity index (χ4v) is 2.80. The van der Waals surface area contributed by atoms with E-state index < -0.39 is 9.84 Å². The zero-order valence-electron chi connectivity index (χ0n) is 13.3. The van der Waals surface area contributed by atoms with Crippen LogP contribution >= 0.6 is 0 Å². The van der Waals surface area contributed by atoms with E-state index in [4.69, 9.17) is 9.26 Å². The Kier molecular flexibility index (Phi) is 4.35. The molecule has 0 atom stereocenters. The summed E-state index contributed by atoms with van der Waals surface area (Å²) in [5.74, 6) is 1.57. The standard InChI is InChI=1S/C17H16N2O4S/c1-3-22-14-8-4-13(5-9-14)17-18-16(19-23-17)12-6-10-15(11-7-12)24(2,20)21/h4-11H,3H2,1-2H3. The number of sulfone groups is 1. The van der Waals surface area contributed by atoms with Crippen molar-refractivity contribution in [1.29, 1.82) is 0 Å². The monoisotopic (exact) mass is 344 g/mol. The summed E-state index contributed by atoms with van der Waals surface area (Å²) in [5.41, 5.74) is 1.47. The summed E-state index contributed by atoms with van der Waals surface area (Å²) in [7, 11) is -3.22. The van der Waals surface area contributed by atoms with E-state index in [0.717, 1.165) is 11.3 Å². The quantitative estimate of drug-likeness (QED) is 0.707. The van der Waals surface area contributed by atoms with Gasteiger partial charge in [0.05, 0.1) is 11.5 Å². The van der Waals surface area contributed by atoms with Crippen molar-refractivity contribution >= 4 is 9.84 Å². The molecule has 7 heteroatoms. The SMILES string of the molecule is CCOc1ccc(-c2nc(-c3ccc(S(C)(=O)=O)cc3)no2)cc1. The van der Waals surface area contributed by atoms with E-state index in [2.05, 4.69) is 10.1 Å². The normalized spacial score (nSPS) is 11.4. The maximum absolute atomic E-state index is 11.5. The first-order valence-electron chi connectivity index (χ1n) is 7.35. The van der Waals surface area contributed by atoms with Crippen LogP contribution in [0, 0.1) is 0 Å².